The summed E-state index contributed by atoms with van der Waals surface area (Å²) in [6.45, 7) is 1.25. The molecule has 1 saturated carbocycles. The largest absolute Gasteiger partial charge is 0.342 e. The quantitative estimate of drug-likeness (QED) is 0.895. The number of hydrogen-bond donors (Lipinski definition) is 1. The Morgan fingerprint density at radius 1 is 0.963 bits per heavy atom. The topological polar surface area (TPSA) is 49.4 Å². The smallest absolute Gasteiger partial charge is 0.227 e. The molecule has 4 nitrogen and oxygen atoms in total. The predicted molar refractivity (Wildman–Crippen MR) is 102 cm³/mol. The molecule has 2 unspecified atom stereocenters. The molecule has 1 heterocycles. The molecule has 2 amide bonds. The molecule has 5 heteroatoms. The number of piperidine rings is 1. The number of rotatable bonds is 4. The third-order valence-corrected chi connectivity index (χ3v) is 5.62. The van der Waals surface area contributed by atoms with Crippen molar-refractivity contribution in [2.75, 3.05) is 18.4 Å². The van der Waals surface area contributed by atoms with Crippen molar-refractivity contribution in [3.63, 3.8) is 0 Å². The molecule has 2 aromatic carbocycles. The molecule has 2 aromatic rings. The van der Waals surface area contributed by atoms with Gasteiger partial charge < -0.3 is 10.2 Å². The molecule has 1 aliphatic heterocycles. The first kappa shape index (κ1) is 17.7. The summed E-state index contributed by atoms with van der Waals surface area (Å²) in [5, 5.41) is 2.95. The highest BCUT2D eigenvalue weighted by Gasteiger charge is 2.46. The van der Waals surface area contributed by atoms with E-state index in [0.29, 0.717) is 25.9 Å². The standard InChI is InChI=1S/C22H23FN2O2/c23-17-8-6-15(7-9-17)19-14-20(19)22(27)25-12-10-16(11-13-25)21(26)24-18-4-2-1-3-5-18/h1-9,16,19-20H,10-14H2,(H,24,26). The summed E-state index contributed by atoms with van der Waals surface area (Å²) >= 11 is 0. The highest BCUT2D eigenvalue weighted by molar-refractivity contribution is 5.92. The molecular formula is C22H23FN2O2. The van der Waals surface area contributed by atoms with Crippen LogP contribution in [-0.4, -0.2) is 29.8 Å². The summed E-state index contributed by atoms with van der Waals surface area (Å²) in [5.41, 5.74) is 1.84. The monoisotopic (exact) mass is 366 g/mol. The number of para-hydroxylation sites is 1. The van der Waals surface area contributed by atoms with Gasteiger partial charge in [0.25, 0.3) is 0 Å². The van der Waals surface area contributed by atoms with Gasteiger partial charge in [-0.1, -0.05) is 30.3 Å². The molecule has 140 valence electrons. The summed E-state index contributed by atoms with van der Waals surface area (Å²) in [7, 11) is 0. The van der Waals surface area contributed by atoms with Crippen molar-refractivity contribution in [2.45, 2.75) is 25.2 Å². The van der Waals surface area contributed by atoms with Crippen LogP contribution in [0.1, 0.15) is 30.7 Å². The van der Waals surface area contributed by atoms with Crippen LogP contribution in [0.25, 0.3) is 0 Å². The van der Waals surface area contributed by atoms with E-state index in [4.69, 9.17) is 0 Å². The Morgan fingerprint density at radius 2 is 1.63 bits per heavy atom. The van der Waals surface area contributed by atoms with E-state index < -0.39 is 0 Å². The van der Waals surface area contributed by atoms with Crippen LogP contribution >= 0.6 is 0 Å². The van der Waals surface area contributed by atoms with Crippen LogP contribution in [-0.2, 0) is 9.59 Å². The second-order valence-corrected chi connectivity index (χ2v) is 7.46. The van der Waals surface area contributed by atoms with Crippen molar-refractivity contribution in [3.05, 3.63) is 66.0 Å². The Hall–Kier alpha value is -2.69. The highest BCUT2D eigenvalue weighted by atomic mass is 19.1. The molecule has 0 aromatic heterocycles. The number of benzene rings is 2. The number of nitrogens with one attached hydrogen (secondary N) is 1. The van der Waals surface area contributed by atoms with Gasteiger partial charge in [-0.3, -0.25) is 9.59 Å². The number of halogens is 1. The molecule has 2 fully saturated rings. The summed E-state index contributed by atoms with van der Waals surface area (Å²) in [5.74, 6) is 0.108. The normalized spacial score (nSPS) is 22.3. The number of amides is 2. The second kappa shape index (κ2) is 7.51. The summed E-state index contributed by atoms with van der Waals surface area (Å²) < 4.78 is 13.0. The third kappa shape index (κ3) is 4.02. The van der Waals surface area contributed by atoms with E-state index in [1.165, 1.54) is 12.1 Å². The minimum atomic E-state index is -0.252. The van der Waals surface area contributed by atoms with Gasteiger partial charge in [-0.25, -0.2) is 4.39 Å². The fourth-order valence-electron chi connectivity index (χ4n) is 3.91. The van der Waals surface area contributed by atoms with Gasteiger partial charge in [0.2, 0.25) is 11.8 Å². The van der Waals surface area contributed by atoms with E-state index in [9.17, 15) is 14.0 Å². The van der Waals surface area contributed by atoms with Crippen molar-refractivity contribution in [1.82, 2.24) is 4.90 Å². The van der Waals surface area contributed by atoms with Gasteiger partial charge in [0.05, 0.1) is 0 Å². The lowest BCUT2D eigenvalue weighted by molar-refractivity contribution is -0.135. The summed E-state index contributed by atoms with van der Waals surface area (Å²) in [6.07, 6.45) is 2.22. The van der Waals surface area contributed by atoms with E-state index in [1.54, 1.807) is 12.1 Å². The lowest BCUT2D eigenvalue weighted by Gasteiger charge is -2.31. The molecule has 2 aliphatic rings. The van der Waals surface area contributed by atoms with Gasteiger partial charge in [0, 0.05) is 30.6 Å². The zero-order valence-electron chi connectivity index (χ0n) is 15.1. The van der Waals surface area contributed by atoms with Crippen LogP contribution in [0.2, 0.25) is 0 Å². The maximum atomic E-state index is 13.0. The van der Waals surface area contributed by atoms with E-state index in [2.05, 4.69) is 5.32 Å². The van der Waals surface area contributed by atoms with Crippen LogP contribution in [0.15, 0.2) is 54.6 Å². The van der Waals surface area contributed by atoms with Gasteiger partial charge in [0.15, 0.2) is 0 Å². The van der Waals surface area contributed by atoms with Gasteiger partial charge in [-0.05, 0) is 55.0 Å². The third-order valence-electron chi connectivity index (χ3n) is 5.62. The first-order valence-corrected chi connectivity index (χ1v) is 9.52. The number of anilines is 1. The molecule has 1 N–H and O–H groups in total. The maximum absolute atomic E-state index is 13.0. The number of carbonyl (C=O) groups excluding carboxylic acids is 2. The van der Waals surface area contributed by atoms with Crippen molar-refractivity contribution in [1.29, 1.82) is 0 Å². The van der Waals surface area contributed by atoms with E-state index >= 15 is 0 Å². The SMILES string of the molecule is O=C(Nc1ccccc1)C1CCN(C(=O)C2CC2c2ccc(F)cc2)CC1. The van der Waals surface area contributed by atoms with E-state index in [0.717, 1.165) is 17.7 Å². The Bertz CT molecular complexity index is 814. The first-order valence-electron chi connectivity index (χ1n) is 9.52. The van der Waals surface area contributed by atoms with Crippen LogP contribution in [0.5, 0.6) is 0 Å². The molecule has 0 spiro atoms. The van der Waals surface area contributed by atoms with E-state index in [1.807, 2.05) is 35.2 Å². The van der Waals surface area contributed by atoms with E-state index in [-0.39, 0.29) is 35.4 Å². The van der Waals surface area contributed by atoms with Crippen molar-refractivity contribution in [3.8, 4) is 0 Å². The summed E-state index contributed by atoms with van der Waals surface area (Å²) in [6, 6.07) is 15.9. The molecule has 0 bridgehead atoms. The predicted octanol–water partition coefficient (Wildman–Crippen LogP) is 3.81. The Labute approximate surface area is 158 Å². The van der Waals surface area contributed by atoms with Crippen LogP contribution in [0.4, 0.5) is 10.1 Å². The zero-order chi connectivity index (χ0) is 18.8. The fourth-order valence-corrected chi connectivity index (χ4v) is 3.91. The number of hydrogen-bond acceptors (Lipinski definition) is 2. The van der Waals surface area contributed by atoms with Gasteiger partial charge in [0.1, 0.15) is 5.82 Å². The lowest BCUT2D eigenvalue weighted by Crippen LogP contribution is -2.42. The molecule has 27 heavy (non-hydrogen) atoms. The van der Waals surface area contributed by atoms with Crippen molar-refractivity contribution < 1.29 is 14.0 Å². The van der Waals surface area contributed by atoms with Gasteiger partial charge in [-0.15, -0.1) is 0 Å². The molecule has 4 rings (SSSR count). The zero-order valence-corrected chi connectivity index (χ0v) is 15.1. The minimum absolute atomic E-state index is 0.00477. The molecule has 2 atom stereocenters. The number of nitrogens with zero attached hydrogens (tertiary/aromatic N) is 1. The Morgan fingerprint density at radius 3 is 2.30 bits per heavy atom. The van der Waals surface area contributed by atoms with Crippen molar-refractivity contribution in [2.24, 2.45) is 11.8 Å². The number of likely N-dealkylation sites (tertiary alicyclic amines) is 1. The highest BCUT2D eigenvalue weighted by Crippen LogP contribution is 2.48. The lowest BCUT2D eigenvalue weighted by atomic mass is 9.95. The maximum Gasteiger partial charge on any atom is 0.227 e. The molecule has 1 saturated heterocycles. The Balaban J connectivity index is 1.27. The Kier molecular flexibility index (Phi) is 4.92. The van der Waals surface area contributed by atoms with Gasteiger partial charge in [-0.2, -0.15) is 0 Å². The molecular weight excluding hydrogens is 343 g/mol. The first-order chi connectivity index (χ1) is 13.1. The van der Waals surface area contributed by atoms with Crippen LogP contribution in [0.3, 0.4) is 0 Å². The number of carbonyl (C=O) groups is 2. The van der Waals surface area contributed by atoms with Crippen LogP contribution in [0, 0.1) is 17.7 Å². The molecule has 0 radical (unpaired) electrons. The van der Waals surface area contributed by atoms with Gasteiger partial charge >= 0.3 is 0 Å². The molecule has 1 aliphatic carbocycles. The average Bonchev–Trinajstić information content (AvgIpc) is 3.50. The fraction of sp³-hybridized carbons (Fsp3) is 0.364. The average molecular weight is 366 g/mol. The van der Waals surface area contributed by atoms with Crippen LogP contribution < -0.4 is 5.32 Å². The second-order valence-electron chi connectivity index (χ2n) is 7.46. The van der Waals surface area contributed by atoms with Crippen molar-refractivity contribution >= 4 is 17.5 Å². The summed E-state index contributed by atoms with van der Waals surface area (Å²) in [4.78, 5) is 27.0. The minimum Gasteiger partial charge on any atom is -0.342 e.